The molecule has 0 unspecified atom stereocenters. The summed E-state index contributed by atoms with van der Waals surface area (Å²) >= 11 is 0. The van der Waals surface area contributed by atoms with Crippen LogP contribution in [0.25, 0.3) is 0 Å². The number of hydrogen-bond donors (Lipinski definition) is 2. The lowest BCUT2D eigenvalue weighted by Crippen LogP contribution is -2.51. The highest BCUT2D eigenvalue weighted by molar-refractivity contribution is 6.09. The Morgan fingerprint density at radius 3 is 2.46 bits per heavy atom. The second-order valence-electron chi connectivity index (χ2n) is 8.42. The van der Waals surface area contributed by atoms with Crippen molar-refractivity contribution in [2.24, 2.45) is 11.3 Å². The third kappa shape index (κ3) is 4.83. The zero-order valence-electron chi connectivity index (χ0n) is 17.4. The number of nitrogens with one attached hydrogen (secondary N) is 2. The number of esters is 1. The first-order valence-electron chi connectivity index (χ1n) is 10.2. The lowest BCUT2D eigenvalue weighted by atomic mass is 9.65. The van der Waals surface area contributed by atoms with Gasteiger partial charge in [-0.2, -0.15) is 0 Å². The highest BCUT2D eigenvalue weighted by atomic mass is 16.5. The molecule has 158 valence electrons. The molecule has 8 nitrogen and oxygen atoms in total. The van der Waals surface area contributed by atoms with Gasteiger partial charge in [0.05, 0.1) is 13.0 Å². The van der Waals surface area contributed by atoms with Crippen molar-refractivity contribution in [1.29, 1.82) is 0 Å². The van der Waals surface area contributed by atoms with Gasteiger partial charge < -0.3 is 15.4 Å². The van der Waals surface area contributed by atoms with Crippen LogP contribution < -0.4 is 10.6 Å². The Hall–Kier alpha value is -2.12. The average Bonchev–Trinajstić information content (AvgIpc) is 2.86. The topological polar surface area (TPSA) is 105 Å². The first kappa shape index (κ1) is 22.2. The van der Waals surface area contributed by atoms with E-state index in [4.69, 9.17) is 4.74 Å². The van der Waals surface area contributed by atoms with Crippen molar-refractivity contribution >= 4 is 23.8 Å². The van der Waals surface area contributed by atoms with Crippen LogP contribution in [0, 0.1) is 11.3 Å². The number of ether oxygens (including phenoxy) is 1. The third-order valence-corrected chi connectivity index (χ3v) is 6.36. The van der Waals surface area contributed by atoms with Crippen molar-refractivity contribution < 1.29 is 23.9 Å². The van der Waals surface area contributed by atoms with Crippen molar-refractivity contribution in [3.8, 4) is 0 Å². The molecule has 1 spiro atoms. The van der Waals surface area contributed by atoms with Crippen LogP contribution in [0.3, 0.4) is 0 Å². The summed E-state index contributed by atoms with van der Waals surface area (Å²) in [6.07, 6.45) is 4.10. The van der Waals surface area contributed by atoms with Crippen LogP contribution in [0.1, 0.15) is 66.2 Å². The van der Waals surface area contributed by atoms with Gasteiger partial charge in [-0.3, -0.25) is 19.3 Å². The van der Waals surface area contributed by atoms with Crippen LogP contribution in [-0.2, 0) is 19.1 Å². The predicted octanol–water partition coefficient (Wildman–Crippen LogP) is 1.97. The van der Waals surface area contributed by atoms with Gasteiger partial charge in [0.1, 0.15) is 12.1 Å². The Labute approximate surface area is 166 Å². The Morgan fingerprint density at radius 1 is 1.25 bits per heavy atom. The lowest BCUT2D eigenvalue weighted by Gasteiger charge is -2.42. The van der Waals surface area contributed by atoms with E-state index in [0.29, 0.717) is 18.8 Å². The normalized spacial score (nSPS) is 25.0. The first-order valence-corrected chi connectivity index (χ1v) is 10.2. The molecule has 1 aliphatic heterocycles. The van der Waals surface area contributed by atoms with Gasteiger partial charge in [-0.25, -0.2) is 4.79 Å². The highest BCUT2D eigenvalue weighted by Gasteiger charge is 2.53. The van der Waals surface area contributed by atoms with E-state index in [1.807, 2.05) is 0 Å². The van der Waals surface area contributed by atoms with Crippen molar-refractivity contribution in [2.75, 3.05) is 19.7 Å². The number of rotatable bonds is 8. The molecular formula is C20H33N3O5. The van der Waals surface area contributed by atoms with E-state index in [1.165, 1.54) is 0 Å². The quantitative estimate of drug-likeness (QED) is 0.483. The molecule has 0 aromatic heterocycles. The fraction of sp³-hybridized carbons (Fsp3) is 0.800. The molecule has 2 rings (SSSR count). The van der Waals surface area contributed by atoms with Gasteiger partial charge in [0.2, 0.25) is 5.91 Å². The summed E-state index contributed by atoms with van der Waals surface area (Å²) in [5, 5.41) is 5.39. The highest BCUT2D eigenvalue weighted by Crippen LogP contribution is 2.45. The summed E-state index contributed by atoms with van der Waals surface area (Å²) in [5.41, 5.74) is -0.658. The van der Waals surface area contributed by atoms with Crippen LogP contribution in [0.15, 0.2) is 0 Å². The molecule has 28 heavy (non-hydrogen) atoms. The molecule has 1 heterocycles. The van der Waals surface area contributed by atoms with Gasteiger partial charge in [-0.1, -0.05) is 27.2 Å². The van der Waals surface area contributed by atoms with E-state index in [2.05, 4.69) is 31.4 Å². The second kappa shape index (κ2) is 8.92. The fourth-order valence-electron chi connectivity index (χ4n) is 4.08. The van der Waals surface area contributed by atoms with E-state index in [1.54, 1.807) is 6.92 Å². The maximum absolute atomic E-state index is 12.9. The maximum Gasteiger partial charge on any atom is 0.325 e. The van der Waals surface area contributed by atoms with Crippen LogP contribution in [0.4, 0.5) is 4.79 Å². The van der Waals surface area contributed by atoms with Gasteiger partial charge in [-0.15, -0.1) is 0 Å². The molecule has 4 amide bonds. The molecule has 1 saturated carbocycles. The van der Waals surface area contributed by atoms with Crippen molar-refractivity contribution in [3.05, 3.63) is 0 Å². The monoisotopic (exact) mass is 395 g/mol. The summed E-state index contributed by atoms with van der Waals surface area (Å²) in [4.78, 5) is 49.6. The van der Waals surface area contributed by atoms with Crippen molar-refractivity contribution in [3.63, 3.8) is 0 Å². The molecule has 0 atom stereocenters. The molecule has 1 saturated heterocycles. The van der Waals surface area contributed by atoms with Gasteiger partial charge in [0.25, 0.3) is 5.91 Å². The molecule has 2 aliphatic rings. The Kier molecular flexibility index (Phi) is 7.06. The molecule has 0 radical (unpaired) electrons. The zero-order chi connectivity index (χ0) is 20.9. The maximum atomic E-state index is 12.9. The minimum absolute atomic E-state index is 0.0538. The Morgan fingerprint density at radius 2 is 1.89 bits per heavy atom. The van der Waals surface area contributed by atoms with Crippen molar-refractivity contribution in [2.45, 2.75) is 71.8 Å². The molecule has 0 aromatic rings. The number of hydrogen-bond acceptors (Lipinski definition) is 5. The fourth-order valence-corrected chi connectivity index (χ4v) is 4.08. The lowest BCUT2D eigenvalue weighted by molar-refractivity contribution is -0.143. The van der Waals surface area contributed by atoms with E-state index in [0.717, 1.165) is 24.2 Å². The van der Waals surface area contributed by atoms with Gasteiger partial charge in [0.15, 0.2) is 0 Å². The number of imide groups is 1. The molecule has 2 N–H and O–H groups in total. The summed E-state index contributed by atoms with van der Waals surface area (Å²) < 4.78 is 4.79. The molecule has 1 aliphatic carbocycles. The Balaban J connectivity index is 1.88. The SMILES string of the molecule is CCOC(=O)CCNC(=O)CN1C(=O)NC2(CCC(C(C)(C)CC)CC2)C1=O. The van der Waals surface area contributed by atoms with Crippen LogP contribution >= 0.6 is 0 Å². The summed E-state index contributed by atoms with van der Waals surface area (Å²) in [6, 6.07) is -0.515. The summed E-state index contributed by atoms with van der Waals surface area (Å²) in [5.74, 6) is -0.659. The van der Waals surface area contributed by atoms with E-state index in [9.17, 15) is 19.2 Å². The first-order chi connectivity index (χ1) is 13.1. The number of urea groups is 1. The largest absolute Gasteiger partial charge is 0.466 e. The second-order valence-corrected chi connectivity index (χ2v) is 8.42. The molecule has 0 aromatic carbocycles. The van der Waals surface area contributed by atoms with E-state index >= 15 is 0 Å². The number of nitrogens with zero attached hydrogens (tertiary/aromatic N) is 1. The standard InChI is InChI=1S/C20H33N3O5/c1-5-19(3,4)14-7-10-20(11-8-14)17(26)23(18(27)22-20)13-15(24)21-12-9-16(25)28-6-2/h14H,5-13H2,1-4H3,(H,21,24)(H,22,27). The minimum atomic E-state index is -0.872. The molecule has 8 heteroatoms. The summed E-state index contributed by atoms with van der Waals surface area (Å²) in [7, 11) is 0. The van der Waals surface area contributed by atoms with Gasteiger partial charge in [-0.05, 0) is 43.9 Å². The number of carbonyl (C=O) groups excluding carboxylic acids is 4. The average molecular weight is 396 g/mol. The van der Waals surface area contributed by atoms with E-state index in [-0.39, 0.29) is 37.4 Å². The molecule has 2 fully saturated rings. The minimum Gasteiger partial charge on any atom is -0.466 e. The zero-order valence-corrected chi connectivity index (χ0v) is 17.4. The molecular weight excluding hydrogens is 362 g/mol. The summed E-state index contributed by atoms with van der Waals surface area (Å²) in [6.45, 7) is 8.44. The van der Waals surface area contributed by atoms with Gasteiger partial charge >= 0.3 is 12.0 Å². The van der Waals surface area contributed by atoms with Gasteiger partial charge in [0, 0.05) is 6.54 Å². The van der Waals surface area contributed by atoms with Crippen LogP contribution in [-0.4, -0.2) is 54.0 Å². The third-order valence-electron chi connectivity index (χ3n) is 6.36. The van der Waals surface area contributed by atoms with Crippen LogP contribution in [0.5, 0.6) is 0 Å². The van der Waals surface area contributed by atoms with E-state index < -0.39 is 23.4 Å². The van der Waals surface area contributed by atoms with Crippen molar-refractivity contribution in [1.82, 2.24) is 15.5 Å². The molecule has 0 bridgehead atoms. The van der Waals surface area contributed by atoms with Crippen LogP contribution in [0.2, 0.25) is 0 Å². The Bertz CT molecular complexity index is 623. The number of amides is 4. The predicted molar refractivity (Wildman–Crippen MR) is 103 cm³/mol. The number of carbonyl (C=O) groups is 4. The smallest absolute Gasteiger partial charge is 0.325 e.